The number of anilines is 2. The number of allylic oxidation sites excluding steroid dienone is 2. The molecule has 0 spiro atoms. The second kappa shape index (κ2) is 4.96. The minimum Gasteiger partial charge on any atom is -0.378 e. The third-order valence-electron chi connectivity index (χ3n) is 2.43. The summed E-state index contributed by atoms with van der Waals surface area (Å²) in [4.78, 5) is 17.6. The summed E-state index contributed by atoms with van der Waals surface area (Å²) in [6.45, 7) is 4.45. The van der Waals surface area contributed by atoms with Gasteiger partial charge in [0.05, 0.1) is 13.2 Å². The van der Waals surface area contributed by atoms with Gasteiger partial charge in [-0.15, -0.1) is 5.10 Å². The van der Waals surface area contributed by atoms with Gasteiger partial charge in [-0.25, -0.2) is 0 Å². The minimum absolute atomic E-state index is 0.106. The number of nitrogen functional groups attached to an aromatic ring is 1. The molecule has 2 heterocycles. The van der Waals surface area contributed by atoms with E-state index < -0.39 is 0 Å². The molecule has 0 aliphatic carbocycles. The summed E-state index contributed by atoms with van der Waals surface area (Å²) < 4.78 is 6.33. The summed E-state index contributed by atoms with van der Waals surface area (Å²) in [5.41, 5.74) is 5.66. The fourth-order valence-electron chi connectivity index (χ4n) is 1.59. The predicted octanol–water partition coefficient (Wildman–Crippen LogP) is -0.0868. The number of aromatic nitrogens is 3. The Bertz CT molecular complexity index is 434. The number of ether oxygens (including phenoxy) is 1. The molecule has 2 rings (SSSR count). The Hall–Kier alpha value is -1.89. The number of carbonyl (C=O) groups is 1. The highest BCUT2D eigenvalue weighted by Crippen LogP contribution is 2.12. The van der Waals surface area contributed by atoms with Crippen LogP contribution < -0.4 is 10.6 Å². The van der Waals surface area contributed by atoms with E-state index in [1.54, 1.807) is 13.0 Å². The van der Waals surface area contributed by atoms with Gasteiger partial charge in [-0.3, -0.25) is 4.79 Å². The lowest BCUT2D eigenvalue weighted by atomic mass is 10.4. The van der Waals surface area contributed by atoms with E-state index in [0.717, 1.165) is 4.68 Å². The van der Waals surface area contributed by atoms with Crippen molar-refractivity contribution in [3.8, 4) is 0 Å². The summed E-state index contributed by atoms with van der Waals surface area (Å²) in [5, 5.41) is 4.10. The monoisotopic (exact) mass is 237 g/mol. The molecule has 1 aliphatic heterocycles. The zero-order valence-corrected chi connectivity index (χ0v) is 9.67. The molecule has 0 aromatic carbocycles. The maximum absolute atomic E-state index is 11.6. The van der Waals surface area contributed by atoms with E-state index in [9.17, 15) is 4.79 Å². The number of hydrogen-bond donors (Lipinski definition) is 1. The maximum atomic E-state index is 11.6. The van der Waals surface area contributed by atoms with E-state index in [0.29, 0.717) is 32.3 Å². The van der Waals surface area contributed by atoms with Gasteiger partial charge in [-0.1, -0.05) is 6.08 Å². The van der Waals surface area contributed by atoms with Gasteiger partial charge in [0.15, 0.2) is 0 Å². The van der Waals surface area contributed by atoms with Crippen molar-refractivity contribution in [2.24, 2.45) is 0 Å². The average Bonchev–Trinajstić information content (AvgIpc) is 2.73. The number of rotatable bonds is 2. The molecule has 1 aromatic heterocycles. The lowest BCUT2D eigenvalue weighted by molar-refractivity contribution is 0.0956. The van der Waals surface area contributed by atoms with Crippen molar-refractivity contribution in [1.29, 1.82) is 0 Å². The zero-order valence-electron chi connectivity index (χ0n) is 9.67. The van der Waals surface area contributed by atoms with Crippen LogP contribution in [0.4, 0.5) is 11.9 Å². The number of morpholine rings is 1. The topological polar surface area (TPSA) is 86.3 Å². The first kappa shape index (κ1) is 11.6. The Morgan fingerprint density at radius 3 is 2.82 bits per heavy atom. The molecule has 17 heavy (non-hydrogen) atoms. The van der Waals surface area contributed by atoms with Gasteiger partial charge < -0.3 is 15.4 Å². The molecule has 2 N–H and O–H groups in total. The molecule has 0 saturated carbocycles. The van der Waals surface area contributed by atoms with Crippen LogP contribution in [-0.4, -0.2) is 47.0 Å². The summed E-state index contributed by atoms with van der Waals surface area (Å²) in [6.07, 6.45) is 3.03. The molecule has 0 unspecified atom stereocenters. The Labute approximate surface area is 98.9 Å². The van der Waals surface area contributed by atoms with Crippen LogP contribution in [0.5, 0.6) is 0 Å². The summed E-state index contributed by atoms with van der Waals surface area (Å²) in [7, 11) is 0. The first-order chi connectivity index (χ1) is 8.22. The van der Waals surface area contributed by atoms with Gasteiger partial charge in [0.25, 0.3) is 5.91 Å². The maximum Gasteiger partial charge on any atom is 0.273 e. The van der Waals surface area contributed by atoms with Crippen LogP contribution in [0, 0.1) is 0 Å². The third-order valence-corrected chi connectivity index (χ3v) is 2.43. The Morgan fingerprint density at radius 1 is 1.47 bits per heavy atom. The molecule has 1 aliphatic rings. The Balaban J connectivity index is 2.20. The van der Waals surface area contributed by atoms with Crippen LogP contribution in [0.1, 0.15) is 11.7 Å². The summed E-state index contributed by atoms with van der Waals surface area (Å²) >= 11 is 0. The van der Waals surface area contributed by atoms with Gasteiger partial charge in [-0.2, -0.15) is 9.67 Å². The highest BCUT2D eigenvalue weighted by molar-refractivity contribution is 5.90. The van der Waals surface area contributed by atoms with Crippen molar-refractivity contribution in [3.05, 3.63) is 12.2 Å². The van der Waals surface area contributed by atoms with Crippen molar-refractivity contribution < 1.29 is 9.53 Å². The Morgan fingerprint density at radius 2 is 2.18 bits per heavy atom. The van der Waals surface area contributed by atoms with Crippen molar-refractivity contribution in [2.75, 3.05) is 36.9 Å². The SMILES string of the molecule is C/C=C/C(=O)n1nc(N2CCOCC2)nc1N. The lowest BCUT2D eigenvalue weighted by Crippen LogP contribution is -2.37. The fraction of sp³-hybridized carbons (Fsp3) is 0.500. The van der Waals surface area contributed by atoms with E-state index in [2.05, 4.69) is 10.1 Å². The third kappa shape index (κ3) is 2.44. The van der Waals surface area contributed by atoms with Crippen molar-refractivity contribution >= 4 is 17.8 Å². The fourth-order valence-corrected chi connectivity index (χ4v) is 1.59. The van der Waals surface area contributed by atoms with Crippen LogP contribution in [0.2, 0.25) is 0 Å². The molecule has 1 aromatic rings. The van der Waals surface area contributed by atoms with Crippen molar-refractivity contribution in [2.45, 2.75) is 6.92 Å². The molecule has 0 bridgehead atoms. The standard InChI is InChI=1S/C10H15N5O2/c1-2-3-8(16)15-9(11)12-10(13-15)14-4-6-17-7-5-14/h2-3H,4-7H2,1H3,(H2,11,12,13)/b3-2+. The quantitative estimate of drug-likeness (QED) is 0.724. The number of nitrogens with zero attached hydrogens (tertiary/aromatic N) is 4. The normalized spacial score (nSPS) is 16.6. The zero-order chi connectivity index (χ0) is 12.3. The lowest BCUT2D eigenvalue weighted by Gasteiger charge is -2.25. The number of carbonyl (C=O) groups excluding carboxylic acids is 1. The molecule has 1 fully saturated rings. The highest BCUT2D eigenvalue weighted by Gasteiger charge is 2.18. The van der Waals surface area contributed by atoms with Crippen molar-refractivity contribution in [1.82, 2.24) is 14.8 Å². The molecule has 0 amide bonds. The van der Waals surface area contributed by atoms with Crippen LogP contribution in [0.3, 0.4) is 0 Å². The van der Waals surface area contributed by atoms with Crippen LogP contribution in [0.25, 0.3) is 0 Å². The largest absolute Gasteiger partial charge is 0.378 e. The first-order valence-corrected chi connectivity index (χ1v) is 5.44. The summed E-state index contributed by atoms with van der Waals surface area (Å²) in [5.74, 6) is 0.287. The van der Waals surface area contributed by atoms with Crippen LogP contribution in [-0.2, 0) is 4.74 Å². The van der Waals surface area contributed by atoms with Gasteiger partial charge >= 0.3 is 0 Å². The van der Waals surface area contributed by atoms with Gasteiger partial charge in [0.1, 0.15) is 0 Å². The molecular formula is C10H15N5O2. The van der Waals surface area contributed by atoms with Crippen LogP contribution >= 0.6 is 0 Å². The van der Waals surface area contributed by atoms with E-state index in [4.69, 9.17) is 10.5 Å². The number of hydrogen-bond acceptors (Lipinski definition) is 6. The van der Waals surface area contributed by atoms with Gasteiger partial charge in [0.2, 0.25) is 11.9 Å². The van der Waals surface area contributed by atoms with Gasteiger partial charge in [0, 0.05) is 19.2 Å². The Kier molecular flexibility index (Phi) is 3.38. The molecule has 0 atom stereocenters. The molecule has 0 radical (unpaired) electrons. The molecule has 1 saturated heterocycles. The van der Waals surface area contributed by atoms with E-state index in [1.807, 2.05) is 4.90 Å². The molecular weight excluding hydrogens is 222 g/mol. The second-order valence-electron chi connectivity index (χ2n) is 3.62. The highest BCUT2D eigenvalue weighted by atomic mass is 16.5. The molecule has 7 nitrogen and oxygen atoms in total. The van der Waals surface area contributed by atoms with E-state index in [-0.39, 0.29) is 11.9 Å². The second-order valence-corrected chi connectivity index (χ2v) is 3.62. The first-order valence-electron chi connectivity index (χ1n) is 5.44. The van der Waals surface area contributed by atoms with Crippen LogP contribution in [0.15, 0.2) is 12.2 Å². The van der Waals surface area contributed by atoms with Gasteiger partial charge in [-0.05, 0) is 6.92 Å². The predicted molar refractivity (Wildman–Crippen MR) is 62.9 cm³/mol. The van der Waals surface area contributed by atoms with E-state index in [1.165, 1.54) is 6.08 Å². The van der Waals surface area contributed by atoms with Crippen molar-refractivity contribution in [3.63, 3.8) is 0 Å². The van der Waals surface area contributed by atoms with E-state index >= 15 is 0 Å². The molecule has 7 heteroatoms. The minimum atomic E-state index is -0.294. The smallest absolute Gasteiger partial charge is 0.273 e. The summed E-state index contributed by atoms with van der Waals surface area (Å²) in [6, 6.07) is 0. The number of nitrogens with two attached hydrogens (primary N) is 1. The average molecular weight is 237 g/mol. The molecule has 92 valence electrons.